The van der Waals surface area contributed by atoms with E-state index in [9.17, 15) is 14.4 Å². The maximum absolute atomic E-state index is 13.8. The van der Waals surface area contributed by atoms with Crippen molar-refractivity contribution in [2.45, 2.75) is 19.9 Å². The molecule has 0 amide bonds. The lowest BCUT2D eigenvalue weighted by atomic mass is 9.96. The minimum Gasteiger partial charge on any atom is -0.497 e. The summed E-state index contributed by atoms with van der Waals surface area (Å²) in [5.74, 6) is 0.763. The van der Waals surface area contributed by atoms with Gasteiger partial charge in [-0.25, -0.2) is 14.6 Å². The fourth-order valence-electron chi connectivity index (χ4n) is 4.50. The number of nitrogens with zero attached hydrogens (tertiary/aromatic N) is 2. The van der Waals surface area contributed by atoms with Gasteiger partial charge in [0.05, 0.1) is 48.2 Å². The average molecular weight is 559 g/mol. The number of furan rings is 1. The highest BCUT2D eigenvalue weighted by Crippen LogP contribution is 2.31. The van der Waals surface area contributed by atoms with Gasteiger partial charge in [-0.05, 0) is 55.8 Å². The number of methoxy groups -OCH3 is 2. The molecule has 204 valence electrons. The van der Waals surface area contributed by atoms with Crippen molar-refractivity contribution in [3.05, 3.63) is 109 Å². The Morgan fingerprint density at radius 1 is 1.02 bits per heavy atom. The third-order valence-corrected chi connectivity index (χ3v) is 7.42. The van der Waals surface area contributed by atoms with Crippen LogP contribution in [0.3, 0.4) is 0 Å². The van der Waals surface area contributed by atoms with Gasteiger partial charge < -0.3 is 18.6 Å². The van der Waals surface area contributed by atoms with Gasteiger partial charge in [0.1, 0.15) is 17.3 Å². The van der Waals surface area contributed by atoms with Gasteiger partial charge in [-0.3, -0.25) is 9.36 Å². The molecule has 0 fully saturated rings. The first-order valence-corrected chi connectivity index (χ1v) is 13.3. The Kier molecular flexibility index (Phi) is 7.52. The molecule has 1 aliphatic heterocycles. The molecule has 0 spiro atoms. The molecule has 4 aromatic rings. The fraction of sp³-hybridized carbons (Fsp3) is 0.200. The van der Waals surface area contributed by atoms with Gasteiger partial charge in [-0.2, -0.15) is 0 Å². The molecule has 5 rings (SSSR count). The van der Waals surface area contributed by atoms with E-state index in [2.05, 4.69) is 4.99 Å². The zero-order chi connectivity index (χ0) is 28.4. The zero-order valence-electron chi connectivity index (χ0n) is 22.3. The van der Waals surface area contributed by atoms with E-state index in [0.29, 0.717) is 43.4 Å². The molecule has 0 bridgehead atoms. The Morgan fingerprint density at radius 2 is 1.75 bits per heavy atom. The molecule has 10 heteroatoms. The Bertz CT molecular complexity index is 1790. The van der Waals surface area contributed by atoms with Crippen LogP contribution in [0.5, 0.6) is 5.75 Å². The van der Waals surface area contributed by atoms with Crippen molar-refractivity contribution in [1.82, 2.24) is 4.57 Å². The van der Waals surface area contributed by atoms with E-state index in [4.69, 9.17) is 18.6 Å². The first-order chi connectivity index (χ1) is 19.3. The summed E-state index contributed by atoms with van der Waals surface area (Å²) < 4.78 is 23.3. The lowest BCUT2D eigenvalue weighted by Gasteiger charge is -2.24. The van der Waals surface area contributed by atoms with Gasteiger partial charge in [0, 0.05) is 11.6 Å². The number of esters is 2. The monoisotopic (exact) mass is 558 g/mol. The molecule has 0 unspecified atom stereocenters. The molecule has 2 aromatic carbocycles. The average Bonchev–Trinajstić information content (AvgIpc) is 3.56. The zero-order valence-corrected chi connectivity index (χ0v) is 23.1. The van der Waals surface area contributed by atoms with Crippen molar-refractivity contribution >= 4 is 29.4 Å². The summed E-state index contributed by atoms with van der Waals surface area (Å²) in [6, 6.07) is 16.9. The second kappa shape index (κ2) is 11.2. The van der Waals surface area contributed by atoms with Gasteiger partial charge in [0.25, 0.3) is 5.56 Å². The number of hydrogen-bond donors (Lipinski definition) is 0. The standard InChI is InChI=1S/C30H26N2O7S/c1-5-38-29(35)25-17(2)31-30-32(26(25)19-10-12-21(36-3)13-11-19)27(33)24(40-30)16-22-14-15-23(39-22)18-6-8-20(9-7-18)28(34)37-4/h6-16,26H,5H2,1-4H3/b24-16+/t26-/m0/s1. The number of thiazole rings is 1. The predicted octanol–water partition coefficient (Wildman–Crippen LogP) is 3.85. The molecule has 0 saturated heterocycles. The van der Waals surface area contributed by atoms with E-state index in [1.807, 2.05) is 12.1 Å². The molecule has 1 atom stereocenters. The lowest BCUT2D eigenvalue weighted by molar-refractivity contribution is -0.139. The quantitative estimate of drug-likeness (QED) is 0.317. The number of carbonyl (C=O) groups is 2. The third kappa shape index (κ3) is 5.01. The van der Waals surface area contributed by atoms with Gasteiger partial charge in [-0.15, -0.1) is 0 Å². The van der Waals surface area contributed by atoms with Crippen LogP contribution >= 0.6 is 11.3 Å². The van der Waals surface area contributed by atoms with Gasteiger partial charge in [0.15, 0.2) is 4.80 Å². The maximum atomic E-state index is 13.8. The van der Waals surface area contributed by atoms with Crippen molar-refractivity contribution in [2.24, 2.45) is 4.99 Å². The van der Waals surface area contributed by atoms with Crippen LogP contribution in [0, 0.1) is 0 Å². The Morgan fingerprint density at radius 3 is 2.40 bits per heavy atom. The normalized spacial score (nSPS) is 14.9. The number of fused-ring (bicyclic) bond motifs is 1. The summed E-state index contributed by atoms with van der Waals surface area (Å²) in [7, 11) is 2.90. The molecule has 9 nitrogen and oxygen atoms in total. The summed E-state index contributed by atoms with van der Waals surface area (Å²) in [6.07, 6.45) is 1.66. The van der Waals surface area contributed by atoms with E-state index in [1.165, 1.54) is 23.0 Å². The van der Waals surface area contributed by atoms with Crippen molar-refractivity contribution in [2.75, 3.05) is 20.8 Å². The van der Waals surface area contributed by atoms with Crippen molar-refractivity contribution in [1.29, 1.82) is 0 Å². The first-order valence-electron chi connectivity index (χ1n) is 12.5. The molecule has 0 saturated carbocycles. The van der Waals surface area contributed by atoms with E-state index in [0.717, 1.165) is 11.1 Å². The second-order valence-corrected chi connectivity index (χ2v) is 9.86. The highest BCUT2D eigenvalue weighted by molar-refractivity contribution is 7.07. The molecule has 40 heavy (non-hydrogen) atoms. The van der Waals surface area contributed by atoms with Crippen LogP contribution in [0.25, 0.3) is 17.4 Å². The minimum atomic E-state index is -0.719. The second-order valence-electron chi connectivity index (χ2n) is 8.85. The molecule has 0 N–H and O–H groups in total. The van der Waals surface area contributed by atoms with Crippen LogP contribution in [0.2, 0.25) is 0 Å². The van der Waals surface area contributed by atoms with E-state index in [-0.39, 0.29) is 12.2 Å². The fourth-order valence-corrected chi connectivity index (χ4v) is 5.52. The molecule has 3 heterocycles. The van der Waals surface area contributed by atoms with Crippen LogP contribution in [-0.2, 0) is 14.3 Å². The summed E-state index contributed by atoms with van der Waals surface area (Å²) in [6.45, 7) is 3.67. The Hall–Kier alpha value is -4.70. The van der Waals surface area contributed by atoms with Crippen LogP contribution in [0.1, 0.15) is 41.6 Å². The van der Waals surface area contributed by atoms with Gasteiger partial charge >= 0.3 is 11.9 Å². The van der Waals surface area contributed by atoms with Crippen LogP contribution in [-0.4, -0.2) is 37.3 Å². The molecule has 1 aliphatic rings. The number of carbonyl (C=O) groups excluding carboxylic acids is 2. The number of benzene rings is 2. The lowest BCUT2D eigenvalue weighted by Crippen LogP contribution is -2.39. The molecule has 0 radical (unpaired) electrons. The van der Waals surface area contributed by atoms with Gasteiger partial charge in [0.2, 0.25) is 0 Å². The molecular formula is C30H26N2O7S. The summed E-state index contributed by atoms with van der Waals surface area (Å²) >= 11 is 1.21. The Labute approximate surface area is 233 Å². The number of rotatable bonds is 7. The number of allylic oxidation sites excluding steroid dienone is 1. The highest BCUT2D eigenvalue weighted by atomic mass is 32.1. The predicted molar refractivity (Wildman–Crippen MR) is 149 cm³/mol. The maximum Gasteiger partial charge on any atom is 0.338 e. The number of ether oxygens (including phenoxy) is 3. The minimum absolute atomic E-state index is 0.196. The smallest absolute Gasteiger partial charge is 0.338 e. The van der Waals surface area contributed by atoms with Crippen molar-refractivity contribution < 1.29 is 28.2 Å². The summed E-state index contributed by atoms with van der Waals surface area (Å²) in [4.78, 5) is 43.6. The topological polar surface area (TPSA) is 109 Å². The van der Waals surface area contributed by atoms with Crippen molar-refractivity contribution in [3.63, 3.8) is 0 Å². The van der Waals surface area contributed by atoms with Crippen LogP contribution in [0.15, 0.2) is 86.1 Å². The first kappa shape index (κ1) is 26.9. The molecule has 2 aromatic heterocycles. The number of hydrogen-bond acceptors (Lipinski definition) is 9. The SMILES string of the molecule is CCOC(=O)C1=C(C)N=c2s/c(=C/c3ccc(-c4ccc(C(=O)OC)cc4)o3)c(=O)n2[C@H]1c1ccc(OC)cc1. The van der Waals surface area contributed by atoms with E-state index < -0.39 is 18.0 Å². The van der Waals surface area contributed by atoms with Crippen LogP contribution < -0.4 is 19.6 Å². The summed E-state index contributed by atoms with van der Waals surface area (Å²) in [5, 5.41) is 0. The third-order valence-electron chi connectivity index (χ3n) is 6.44. The van der Waals surface area contributed by atoms with E-state index in [1.54, 1.807) is 75.6 Å². The summed E-state index contributed by atoms with van der Waals surface area (Å²) in [5.41, 5.74) is 2.41. The Balaban J connectivity index is 1.57. The largest absolute Gasteiger partial charge is 0.497 e. The molecular weight excluding hydrogens is 532 g/mol. The van der Waals surface area contributed by atoms with E-state index >= 15 is 0 Å². The van der Waals surface area contributed by atoms with Gasteiger partial charge in [-0.1, -0.05) is 35.6 Å². The van der Waals surface area contributed by atoms with Crippen molar-refractivity contribution in [3.8, 4) is 17.1 Å². The van der Waals surface area contributed by atoms with Crippen LogP contribution in [0.4, 0.5) is 0 Å². The number of aromatic nitrogens is 1. The highest BCUT2D eigenvalue weighted by Gasteiger charge is 2.33. The molecule has 0 aliphatic carbocycles.